The van der Waals surface area contributed by atoms with Gasteiger partial charge in [0.1, 0.15) is 0 Å². The second-order valence-corrected chi connectivity index (χ2v) is 6.03. The standard InChI is InChI=1S/C18H17ClN2O4/c19-14-7-11(8-15-17(14)25-6-2-5-24-15)9-16(22)21-13-4-1-3-12(10-13)18(20)23/h1,3-4,7-8,10H,2,5-6,9H2,(H2,20,23)(H,21,22). The molecule has 3 rings (SSSR count). The number of carbonyl (C=O) groups is 2. The van der Waals surface area contributed by atoms with Crippen molar-refractivity contribution in [3.63, 3.8) is 0 Å². The molecule has 0 radical (unpaired) electrons. The highest BCUT2D eigenvalue weighted by Crippen LogP contribution is 2.38. The third-order valence-electron chi connectivity index (χ3n) is 3.66. The molecule has 25 heavy (non-hydrogen) atoms. The lowest BCUT2D eigenvalue weighted by Crippen LogP contribution is -2.16. The van der Waals surface area contributed by atoms with E-state index in [0.29, 0.717) is 46.5 Å². The Labute approximate surface area is 149 Å². The Morgan fingerprint density at radius 2 is 1.96 bits per heavy atom. The molecule has 3 N–H and O–H groups in total. The van der Waals surface area contributed by atoms with Crippen LogP contribution in [0, 0.1) is 0 Å². The summed E-state index contributed by atoms with van der Waals surface area (Å²) < 4.78 is 11.2. The van der Waals surface area contributed by atoms with Gasteiger partial charge in [0.15, 0.2) is 11.5 Å². The highest BCUT2D eigenvalue weighted by molar-refractivity contribution is 6.32. The van der Waals surface area contributed by atoms with Crippen LogP contribution in [-0.2, 0) is 11.2 Å². The minimum absolute atomic E-state index is 0.108. The maximum absolute atomic E-state index is 12.3. The van der Waals surface area contributed by atoms with Gasteiger partial charge in [0.2, 0.25) is 11.8 Å². The lowest BCUT2D eigenvalue weighted by Gasteiger charge is -2.12. The molecule has 1 aliphatic heterocycles. The van der Waals surface area contributed by atoms with Crippen LogP contribution in [0.15, 0.2) is 36.4 Å². The topological polar surface area (TPSA) is 90.7 Å². The number of ether oxygens (including phenoxy) is 2. The minimum Gasteiger partial charge on any atom is -0.489 e. The second-order valence-electron chi connectivity index (χ2n) is 5.63. The number of carbonyl (C=O) groups excluding carboxylic acids is 2. The quantitative estimate of drug-likeness (QED) is 0.877. The number of rotatable bonds is 4. The summed E-state index contributed by atoms with van der Waals surface area (Å²) in [5, 5.41) is 3.15. The van der Waals surface area contributed by atoms with Gasteiger partial charge in [-0.3, -0.25) is 9.59 Å². The van der Waals surface area contributed by atoms with Gasteiger partial charge in [-0.2, -0.15) is 0 Å². The Kier molecular flexibility index (Phi) is 5.09. The van der Waals surface area contributed by atoms with Crippen LogP contribution in [0.25, 0.3) is 0 Å². The SMILES string of the molecule is NC(=O)c1cccc(NC(=O)Cc2cc(Cl)c3c(c2)OCCCO3)c1. The molecule has 0 fully saturated rings. The largest absolute Gasteiger partial charge is 0.489 e. The molecule has 0 atom stereocenters. The fourth-order valence-corrected chi connectivity index (χ4v) is 2.81. The van der Waals surface area contributed by atoms with Gasteiger partial charge in [-0.25, -0.2) is 0 Å². The molecule has 2 aromatic rings. The van der Waals surface area contributed by atoms with Crippen LogP contribution in [0.3, 0.4) is 0 Å². The zero-order chi connectivity index (χ0) is 17.8. The van der Waals surface area contributed by atoms with Crippen LogP contribution in [0.1, 0.15) is 22.3 Å². The molecule has 0 saturated carbocycles. The first-order valence-electron chi connectivity index (χ1n) is 7.80. The first kappa shape index (κ1) is 17.1. The third-order valence-corrected chi connectivity index (χ3v) is 3.94. The highest BCUT2D eigenvalue weighted by Gasteiger charge is 2.17. The molecular weight excluding hydrogens is 344 g/mol. The van der Waals surface area contributed by atoms with Crippen molar-refractivity contribution >= 4 is 29.1 Å². The summed E-state index contributed by atoms with van der Waals surface area (Å²) in [5.41, 5.74) is 6.78. The van der Waals surface area contributed by atoms with Crippen molar-refractivity contribution in [2.45, 2.75) is 12.8 Å². The van der Waals surface area contributed by atoms with Crippen LogP contribution < -0.4 is 20.5 Å². The highest BCUT2D eigenvalue weighted by atomic mass is 35.5. The van der Waals surface area contributed by atoms with Gasteiger partial charge in [-0.15, -0.1) is 0 Å². The van der Waals surface area contributed by atoms with Gasteiger partial charge in [-0.05, 0) is 35.9 Å². The summed E-state index contributed by atoms with van der Waals surface area (Å²) in [6.07, 6.45) is 0.883. The van der Waals surface area contributed by atoms with Crippen LogP contribution >= 0.6 is 11.6 Å². The number of fused-ring (bicyclic) bond motifs is 1. The van der Waals surface area contributed by atoms with E-state index in [1.807, 2.05) is 0 Å². The first-order chi connectivity index (χ1) is 12.0. The van der Waals surface area contributed by atoms with Gasteiger partial charge in [0.05, 0.1) is 24.7 Å². The molecular formula is C18H17ClN2O4. The molecule has 6 nitrogen and oxygen atoms in total. The van der Waals surface area contributed by atoms with Gasteiger partial charge < -0.3 is 20.5 Å². The van der Waals surface area contributed by atoms with Crippen LogP contribution in [0.2, 0.25) is 5.02 Å². The number of amides is 2. The molecule has 7 heteroatoms. The third kappa shape index (κ3) is 4.22. The normalized spacial score (nSPS) is 13.0. The van der Waals surface area contributed by atoms with E-state index in [1.165, 1.54) is 6.07 Å². The molecule has 0 aliphatic carbocycles. The van der Waals surface area contributed by atoms with E-state index in [0.717, 1.165) is 6.42 Å². The van der Waals surface area contributed by atoms with E-state index in [9.17, 15) is 9.59 Å². The Hall–Kier alpha value is -2.73. The number of halogens is 1. The summed E-state index contributed by atoms with van der Waals surface area (Å²) in [6.45, 7) is 1.08. The summed E-state index contributed by atoms with van der Waals surface area (Å²) in [6, 6.07) is 9.90. The number of nitrogens with two attached hydrogens (primary N) is 1. The fourth-order valence-electron chi connectivity index (χ4n) is 2.53. The van der Waals surface area contributed by atoms with Crippen molar-refractivity contribution in [3.8, 4) is 11.5 Å². The zero-order valence-corrected chi connectivity index (χ0v) is 14.1. The van der Waals surface area contributed by atoms with Gasteiger partial charge in [0.25, 0.3) is 0 Å². The smallest absolute Gasteiger partial charge is 0.248 e. The first-order valence-corrected chi connectivity index (χ1v) is 8.18. The molecule has 2 amide bonds. The number of hydrogen-bond acceptors (Lipinski definition) is 4. The molecule has 0 saturated heterocycles. The molecule has 0 unspecified atom stereocenters. The lowest BCUT2D eigenvalue weighted by atomic mass is 10.1. The van der Waals surface area contributed by atoms with Crippen LogP contribution in [0.4, 0.5) is 5.69 Å². The Balaban J connectivity index is 1.73. The number of hydrogen-bond donors (Lipinski definition) is 2. The summed E-state index contributed by atoms with van der Waals surface area (Å²) >= 11 is 6.23. The van der Waals surface area contributed by atoms with E-state index >= 15 is 0 Å². The van der Waals surface area contributed by atoms with E-state index in [-0.39, 0.29) is 12.3 Å². The number of nitrogens with one attached hydrogen (secondary N) is 1. The van der Waals surface area contributed by atoms with Crippen molar-refractivity contribution < 1.29 is 19.1 Å². The number of benzene rings is 2. The number of primary amides is 1. The lowest BCUT2D eigenvalue weighted by molar-refractivity contribution is -0.115. The summed E-state index contributed by atoms with van der Waals surface area (Å²) in [7, 11) is 0. The molecule has 2 aromatic carbocycles. The molecule has 0 spiro atoms. The van der Waals surface area contributed by atoms with E-state index < -0.39 is 5.91 Å². The predicted molar refractivity (Wildman–Crippen MR) is 94.4 cm³/mol. The Morgan fingerprint density at radius 1 is 1.16 bits per heavy atom. The van der Waals surface area contributed by atoms with Crippen molar-refractivity contribution in [2.75, 3.05) is 18.5 Å². The van der Waals surface area contributed by atoms with Gasteiger partial charge in [0, 0.05) is 17.7 Å². The van der Waals surface area contributed by atoms with Crippen LogP contribution in [0.5, 0.6) is 11.5 Å². The van der Waals surface area contributed by atoms with Gasteiger partial charge >= 0.3 is 0 Å². The van der Waals surface area contributed by atoms with Crippen molar-refractivity contribution in [2.24, 2.45) is 5.73 Å². The predicted octanol–water partition coefficient (Wildman–Crippen LogP) is 2.78. The Bertz CT molecular complexity index is 823. The van der Waals surface area contributed by atoms with Crippen molar-refractivity contribution in [1.29, 1.82) is 0 Å². The Morgan fingerprint density at radius 3 is 2.76 bits per heavy atom. The molecule has 1 heterocycles. The van der Waals surface area contributed by atoms with E-state index in [2.05, 4.69) is 5.32 Å². The van der Waals surface area contributed by atoms with E-state index in [4.69, 9.17) is 26.8 Å². The molecule has 1 aliphatic rings. The summed E-state index contributed by atoms with van der Waals surface area (Å²) in [4.78, 5) is 23.5. The van der Waals surface area contributed by atoms with E-state index in [1.54, 1.807) is 30.3 Å². The average Bonchev–Trinajstić information content (AvgIpc) is 2.80. The minimum atomic E-state index is -0.550. The van der Waals surface area contributed by atoms with Crippen molar-refractivity contribution in [1.82, 2.24) is 0 Å². The van der Waals surface area contributed by atoms with Gasteiger partial charge in [-0.1, -0.05) is 17.7 Å². The average molecular weight is 361 g/mol. The summed E-state index contributed by atoms with van der Waals surface area (Å²) in [5.74, 6) is 0.263. The monoisotopic (exact) mass is 360 g/mol. The molecule has 0 aromatic heterocycles. The maximum atomic E-state index is 12.3. The maximum Gasteiger partial charge on any atom is 0.248 e. The zero-order valence-electron chi connectivity index (χ0n) is 13.4. The second kappa shape index (κ2) is 7.44. The van der Waals surface area contributed by atoms with Crippen LogP contribution in [-0.4, -0.2) is 25.0 Å². The number of anilines is 1. The van der Waals surface area contributed by atoms with Crippen molar-refractivity contribution in [3.05, 3.63) is 52.5 Å². The molecule has 130 valence electrons. The fraction of sp³-hybridized carbons (Fsp3) is 0.222. The molecule has 0 bridgehead atoms.